The fourth-order valence-corrected chi connectivity index (χ4v) is 2.23. The van der Waals surface area contributed by atoms with Crippen molar-refractivity contribution in [2.24, 2.45) is 10.7 Å². The first-order valence-corrected chi connectivity index (χ1v) is 7.63. The Morgan fingerprint density at radius 3 is 2.58 bits per heavy atom. The van der Waals surface area contributed by atoms with Gasteiger partial charge in [-0.15, -0.1) is 0 Å². The molecular formula is C18H18FN5. The van der Waals surface area contributed by atoms with Crippen LogP contribution >= 0.6 is 0 Å². The number of hydrogen-bond acceptors (Lipinski definition) is 2. The Hall–Kier alpha value is -3.15. The number of aromatic nitrogens is 2. The predicted molar refractivity (Wildman–Crippen MR) is 93.8 cm³/mol. The molecule has 1 aromatic heterocycles. The summed E-state index contributed by atoms with van der Waals surface area (Å²) in [7, 11) is 0. The van der Waals surface area contributed by atoms with Crippen molar-refractivity contribution < 1.29 is 4.39 Å². The van der Waals surface area contributed by atoms with Gasteiger partial charge in [-0.3, -0.25) is 4.99 Å². The standard InChI is InChI=1S/C18H18FN5/c19-14-6-8-17(9-7-14)24-13-11-16(23-24)10-12-21-18(20)22-15-4-2-1-3-5-15/h1-9,11,13H,10,12H2,(H3,20,21,22). The molecule has 3 rings (SSSR count). The van der Waals surface area contributed by atoms with Crippen molar-refractivity contribution in [1.29, 1.82) is 0 Å². The lowest BCUT2D eigenvalue weighted by molar-refractivity contribution is 0.627. The van der Waals surface area contributed by atoms with E-state index in [1.54, 1.807) is 16.8 Å². The minimum absolute atomic E-state index is 0.262. The normalized spacial score (nSPS) is 11.5. The summed E-state index contributed by atoms with van der Waals surface area (Å²) in [5.41, 5.74) is 8.48. The van der Waals surface area contributed by atoms with E-state index in [0.29, 0.717) is 18.9 Å². The molecule has 0 bridgehead atoms. The minimum atomic E-state index is -0.262. The number of nitrogens with one attached hydrogen (secondary N) is 1. The average Bonchev–Trinajstić information content (AvgIpc) is 3.05. The number of hydrogen-bond donors (Lipinski definition) is 2. The van der Waals surface area contributed by atoms with Crippen LogP contribution in [0.25, 0.3) is 5.69 Å². The largest absolute Gasteiger partial charge is 0.370 e. The van der Waals surface area contributed by atoms with Gasteiger partial charge >= 0.3 is 0 Å². The lowest BCUT2D eigenvalue weighted by Gasteiger charge is -2.04. The van der Waals surface area contributed by atoms with E-state index in [-0.39, 0.29) is 5.82 Å². The summed E-state index contributed by atoms with van der Waals surface area (Å²) in [6.45, 7) is 0.534. The average molecular weight is 323 g/mol. The van der Waals surface area contributed by atoms with E-state index in [2.05, 4.69) is 15.4 Å². The van der Waals surface area contributed by atoms with Gasteiger partial charge in [-0.25, -0.2) is 9.07 Å². The third kappa shape index (κ3) is 4.19. The van der Waals surface area contributed by atoms with Crippen molar-refractivity contribution in [3.8, 4) is 5.69 Å². The van der Waals surface area contributed by atoms with Crippen LogP contribution in [0.1, 0.15) is 5.69 Å². The maximum Gasteiger partial charge on any atom is 0.193 e. The van der Waals surface area contributed by atoms with Crippen molar-refractivity contribution in [3.63, 3.8) is 0 Å². The van der Waals surface area contributed by atoms with Crippen molar-refractivity contribution in [3.05, 3.63) is 78.4 Å². The van der Waals surface area contributed by atoms with Crippen molar-refractivity contribution in [1.82, 2.24) is 9.78 Å². The van der Waals surface area contributed by atoms with E-state index in [1.807, 2.05) is 42.6 Å². The van der Waals surface area contributed by atoms with Gasteiger partial charge in [0.05, 0.1) is 11.4 Å². The van der Waals surface area contributed by atoms with Gasteiger partial charge in [-0.2, -0.15) is 5.10 Å². The smallest absolute Gasteiger partial charge is 0.193 e. The molecule has 0 aliphatic rings. The molecule has 0 unspecified atom stereocenters. The number of nitrogens with zero attached hydrogens (tertiary/aromatic N) is 3. The van der Waals surface area contributed by atoms with Crippen LogP contribution in [0.2, 0.25) is 0 Å². The number of nitrogens with two attached hydrogens (primary N) is 1. The van der Waals surface area contributed by atoms with Gasteiger partial charge in [0.2, 0.25) is 0 Å². The molecule has 3 N–H and O–H groups in total. The van der Waals surface area contributed by atoms with Gasteiger partial charge in [-0.05, 0) is 42.5 Å². The van der Waals surface area contributed by atoms with Crippen molar-refractivity contribution >= 4 is 11.6 Å². The third-order valence-electron chi connectivity index (χ3n) is 3.43. The van der Waals surface area contributed by atoms with Crippen LogP contribution in [0.15, 0.2) is 71.9 Å². The summed E-state index contributed by atoms with van der Waals surface area (Å²) in [5.74, 6) is 0.112. The SMILES string of the molecule is NC(=NCCc1ccn(-c2ccc(F)cc2)n1)Nc1ccccc1. The number of halogens is 1. The van der Waals surface area contributed by atoms with E-state index in [1.165, 1.54) is 12.1 Å². The molecule has 3 aromatic rings. The Balaban J connectivity index is 1.55. The molecule has 0 aliphatic heterocycles. The third-order valence-corrected chi connectivity index (χ3v) is 3.43. The highest BCUT2D eigenvalue weighted by molar-refractivity contribution is 5.92. The van der Waals surface area contributed by atoms with Crippen LogP contribution in [0.3, 0.4) is 0 Å². The zero-order valence-electron chi connectivity index (χ0n) is 13.1. The van der Waals surface area contributed by atoms with E-state index in [4.69, 9.17) is 5.73 Å². The van der Waals surface area contributed by atoms with Crippen LogP contribution in [0.4, 0.5) is 10.1 Å². The zero-order chi connectivity index (χ0) is 16.8. The summed E-state index contributed by atoms with van der Waals surface area (Å²) in [5, 5.41) is 7.49. The molecule has 24 heavy (non-hydrogen) atoms. The molecule has 0 aliphatic carbocycles. The van der Waals surface area contributed by atoms with E-state index in [9.17, 15) is 4.39 Å². The van der Waals surface area contributed by atoms with Gasteiger partial charge in [0.25, 0.3) is 0 Å². The van der Waals surface area contributed by atoms with Gasteiger partial charge in [0, 0.05) is 24.8 Å². The van der Waals surface area contributed by atoms with Crippen LogP contribution in [0.5, 0.6) is 0 Å². The quantitative estimate of drug-likeness (QED) is 0.560. The maximum absolute atomic E-state index is 12.9. The number of para-hydroxylation sites is 1. The van der Waals surface area contributed by atoms with Gasteiger partial charge in [-0.1, -0.05) is 18.2 Å². The second-order valence-corrected chi connectivity index (χ2v) is 5.24. The highest BCUT2D eigenvalue weighted by Gasteiger charge is 2.02. The summed E-state index contributed by atoms with van der Waals surface area (Å²) < 4.78 is 14.7. The van der Waals surface area contributed by atoms with Crippen LogP contribution in [-0.4, -0.2) is 22.3 Å². The summed E-state index contributed by atoms with van der Waals surface area (Å²) in [6, 6.07) is 17.8. The molecule has 122 valence electrons. The Morgan fingerprint density at radius 1 is 1.08 bits per heavy atom. The highest BCUT2D eigenvalue weighted by atomic mass is 19.1. The van der Waals surface area contributed by atoms with Crippen molar-refractivity contribution in [2.75, 3.05) is 11.9 Å². The molecule has 2 aromatic carbocycles. The maximum atomic E-state index is 12.9. The van der Waals surface area contributed by atoms with Crippen molar-refractivity contribution in [2.45, 2.75) is 6.42 Å². The molecule has 0 radical (unpaired) electrons. The molecule has 0 saturated heterocycles. The van der Waals surface area contributed by atoms with Gasteiger partial charge < -0.3 is 11.1 Å². The first-order valence-electron chi connectivity index (χ1n) is 7.63. The molecule has 0 spiro atoms. The van der Waals surface area contributed by atoms with E-state index < -0.39 is 0 Å². The lowest BCUT2D eigenvalue weighted by Crippen LogP contribution is -2.23. The molecule has 1 heterocycles. The van der Waals surface area contributed by atoms with Crippen LogP contribution in [0, 0.1) is 5.82 Å². The Labute approximate surface area is 139 Å². The Kier molecular flexibility index (Phi) is 4.86. The Morgan fingerprint density at radius 2 is 1.83 bits per heavy atom. The first kappa shape index (κ1) is 15.7. The molecule has 0 atom stereocenters. The predicted octanol–water partition coefficient (Wildman–Crippen LogP) is 2.98. The van der Waals surface area contributed by atoms with Crippen LogP contribution in [-0.2, 0) is 6.42 Å². The lowest BCUT2D eigenvalue weighted by atomic mass is 10.3. The number of aliphatic imine (C=N–C) groups is 1. The molecular weight excluding hydrogens is 305 g/mol. The number of benzene rings is 2. The first-order chi connectivity index (χ1) is 11.7. The second kappa shape index (κ2) is 7.41. The van der Waals surface area contributed by atoms with E-state index in [0.717, 1.165) is 17.1 Å². The molecule has 5 nitrogen and oxygen atoms in total. The molecule has 6 heteroatoms. The van der Waals surface area contributed by atoms with Crippen LogP contribution < -0.4 is 11.1 Å². The molecule has 0 saturated carbocycles. The van der Waals surface area contributed by atoms with Gasteiger partial charge in [0.15, 0.2) is 5.96 Å². The summed E-state index contributed by atoms with van der Waals surface area (Å²) in [4.78, 5) is 4.29. The fourth-order valence-electron chi connectivity index (χ4n) is 2.23. The summed E-state index contributed by atoms with van der Waals surface area (Å²) in [6.07, 6.45) is 2.52. The minimum Gasteiger partial charge on any atom is -0.370 e. The highest BCUT2D eigenvalue weighted by Crippen LogP contribution is 2.09. The number of anilines is 1. The van der Waals surface area contributed by atoms with Gasteiger partial charge in [0.1, 0.15) is 5.82 Å². The number of rotatable bonds is 5. The second-order valence-electron chi connectivity index (χ2n) is 5.24. The zero-order valence-corrected chi connectivity index (χ0v) is 13.1. The molecule has 0 fully saturated rings. The van der Waals surface area contributed by atoms with E-state index >= 15 is 0 Å². The topological polar surface area (TPSA) is 68.2 Å². The monoisotopic (exact) mass is 323 g/mol. The number of guanidine groups is 1. The summed E-state index contributed by atoms with van der Waals surface area (Å²) >= 11 is 0. The molecule has 0 amide bonds. The fraction of sp³-hybridized carbons (Fsp3) is 0.111. The Bertz CT molecular complexity index is 809.